The number of anilines is 1. The van der Waals surface area contributed by atoms with Gasteiger partial charge in [0.25, 0.3) is 10.0 Å². The van der Waals surface area contributed by atoms with Crippen LogP contribution in [-0.2, 0) is 23.6 Å². The van der Waals surface area contributed by atoms with E-state index in [9.17, 15) is 12.8 Å². The highest BCUT2D eigenvalue weighted by molar-refractivity contribution is 7.92. The van der Waals surface area contributed by atoms with Crippen molar-refractivity contribution in [3.05, 3.63) is 35.9 Å². The van der Waals surface area contributed by atoms with Crippen LogP contribution in [0.15, 0.2) is 29.4 Å². The smallest absolute Gasteiger partial charge is 0.264 e. The van der Waals surface area contributed by atoms with Crippen LogP contribution in [0.1, 0.15) is 5.56 Å². The Labute approximate surface area is 109 Å². The minimum atomic E-state index is -3.85. The van der Waals surface area contributed by atoms with Crippen molar-refractivity contribution in [1.82, 2.24) is 14.8 Å². The Morgan fingerprint density at radius 2 is 2.21 bits per heavy atom. The fourth-order valence-electron chi connectivity index (χ4n) is 1.44. The van der Waals surface area contributed by atoms with Gasteiger partial charge in [0.1, 0.15) is 12.1 Å². The Balaban J connectivity index is 2.37. The van der Waals surface area contributed by atoms with E-state index in [0.717, 1.165) is 12.1 Å². The van der Waals surface area contributed by atoms with E-state index in [-0.39, 0.29) is 23.0 Å². The van der Waals surface area contributed by atoms with Crippen LogP contribution in [0.2, 0.25) is 0 Å². The molecule has 1 aromatic carbocycles. The minimum absolute atomic E-state index is 0.0682. The number of halogens is 1. The predicted molar refractivity (Wildman–Crippen MR) is 66.1 cm³/mol. The number of nitrogens with zero attached hydrogens (tertiary/aromatic N) is 3. The molecule has 0 fully saturated rings. The van der Waals surface area contributed by atoms with Crippen molar-refractivity contribution >= 4 is 16.0 Å². The molecule has 0 radical (unpaired) electrons. The number of nitrogens with one attached hydrogen (secondary N) is 1. The summed E-state index contributed by atoms with van der Waals surface area (Å²) in [7, 11) is -2.31. The van der Waals surface area contributed by atoms with Gasteiger partial charge in [0, 0.05) is 19.2 Å². The third-order valence-electron chi connectivity index (χ3n) is 2.48. The molecule has 0 spiro atoms. The zero-order valence-corrected chi connectivity index (χ0v) is 10.9. The van der Waals surface area contributed by atoms with Crippen LogP contribution in [0, 0.1) is 5.82 Å². The second-order valence-corrected chi connectivity index (χ2v) is 5.45. The van der Waals surface area contributed by atoms with E-state index in [0.29, 0.717) is 0 Å². The fraction of sp³-hybridized carbons (Fsp3) is 0.200. The quantitative estimate of drug-likeness (QED) is 0.836. The van der Waals surface area contributed by atoms with Gasteiger partial charge in [0.15, 0.2) is 0 Å². The molecule has 0 aliphatic rings. The molecule has 0 aliphatic heterocycles. The highest BCUT2D eigenvalue weighted by Gasteiger charge is 2.18. The second-order valence-electron chi connectivity index (χ2n) is 3.77. The summed E-state index contributed by atoms with van der Waals surface area (Å²) in [5.41, 5.74) is 5.47. The van der Waals surface area contributed by atoms with Crippen LogP contribution >= 0.6 is 0 Å². The maximum absolute atomic E-state index is 13.3. The number of aryl methyl sites for hydroxylation is 1. The van der Waals surface area contributed by atoms with Gasteiger partial charge in [-0.05, 0) is 18.2 Å². The zero-order valence-electron chi connectivity index (χ0n) is 10.0. The number of hydrogen-bond donors (Lipinski definition) is 2. The third kappa shape index (κ3) is 2.71. The molecule has 102 valence electrons. The lowest BCUT2D eigenvalue weighted by Crippen LogP contribution is -2.17. The molecule has 19 heavy (non-hydrogen) atoms. The Morgan fingerprint density at radius 3 is 2.79 bits per heavy atom. The molecule has 0 aliphatic carbocycles. The van der Waals surface area contributed by atoms with Gasteiger partial charge in [-0.3, -0.25) is 0 Å². The van der Waals surface area contributed by atoms with Crippen molar-refractivity contribution < 1.29 is 12.8 Å². The summed E-state index contributed by atoms with van der Waals surface area (Å²) in [6.45, 7) is -0.0842. The average Bonchev–Trinajstić information content (AvgIpc) is 2.74. The average molecular weight is 285 g/mol. The summed E-state index contributed by atoms with van der Waals surface area (Å²) in [5.74, 6) is -0.473. The first-order chi connectivity index (χ1) is 8.94. The standard InChI is InChI=1S/C10H12FN5O2S/c1-16-10(13-6-14-16)15-19(17,18)8-2-3-9(11)7(4-8)5-12/h2-4,6H,5,12H2,1H3,(H,13,14,15). The molecule has 7 nitrogen and oxygen atoms in total. The molecule has 0 saturated carbocycles. The van der Waals surface area contributed by atoms with Gasteiger partial charge >= 0.3 is 0 Å². The van der Waals surface area contributed by atoms with Crippen LogP contribution in [0.4, 0.5) is 10.3 Å². The minimum Gasteiger partial charge on any atom is -0.326 e. The first kappa shape index (κ1) is 13.4. The van der Waals surface area contributed by atoms with Crippen molar-refractivity contribution in [2.75, 3.05) is 4.72 Å². The van der Waals surface area contributed by atoms with Crippen LogP contribution in [0.5, 0.6) is 0 Å². The molecule has 0 bridgehead atoms. The predicted octanol–water partition coefficient (Wildman–Crippen LogP) is 0.214. The van der Waals surface area contributed by atoms with Crippen molar-refractivity contribution in [2.24, 2.45) is 12.8 Å². The van der Waals surface area contributed by atoms with Gasteiger partial charge in [-0.25, -0.2) is 22.2 Å². The van der Waals surface area contributed by atoms with Crippen LogP contribution in [-0.4, -0.2) is 23.2 Å². The molecular weight excluding hydrogens is 273 g/mol. The van der Waals surface area contributed by atoms with Crippen molar-refractivity contribution in [3.63, 3.8) is 0 Å². The summed E-state index contributed by atoms with van der Waals surface area (Å²) < 4.78 is 40.9. The van der Waals surface area contributed by atoms with Gasteiger partial charge in [0.05, 0.1) is 4.90 Å². The first-order valence-electron chi connectivity index (χ1n) is 5.29. The van der Waals surface area contributed by atoms with Gasteiger partial charge in [-0.2, -0.15) is 10.1 Å². The number of sulfonamides is 1. The normalized spacial score (nSPS) is 11.5. The summed E-state index contributed by atoms with van der Waals surface area (Å²) in [4.78, 5) is 3.66. The van der Waals surface area contributed by atoms with Gasteiger partial charge in [-0.15, -0.1) is 0 Å². The first-order valence-corrected chi connectivity index (χ1v) is 6.77. The van der Waals surface area contributed by atoms with Crippen molar-refractivity contribution in [3.8, 4) is 0 Å². The van der Waals surface area contributed by atoms with Gasteiger partial charge in [0.2, 0.25) is 5.95 Å². The Kier molecular flexibility index (Phi) is 3.49. The second kappa shape index (κ2) is 4.94. The molecule has 2 rings (SSSR count). The van der Waals surface area contributed by atoms with Gasteiger partial charge in [-0.1, -0.05) is 0 Å². The molecule has 9 heteroatoms. The van der Waals surface area contributed by atoms with Crippen LogP contribution < -0.4 is 10.5 Å². The number of rotatable bonds is 4. The van der Waals surface area contributed by atoms with Gasteiger partial charge < -0.3 is 5.73 Å². The number of hydrogen-bond acceptors (Lipinski definition) is 5. The highest BCUT2D eigenvalue weighted by atomic mass is 32.2. The van der Waals surface area contributed by atoms with Crippen molar-refractivity contribution in [1.29, 1.82) is 0 Å². The number of nitrogens with two attached hydrogens (primary N) is 1. The van der Waals surface area contributed by atoms with E-state index in [4.69, 9.17) is 5.73 Å². The topological polar surface area (TPSA) is 103 Å². The fourth-order valence-corrected chi connectivity index (χ4v) is 2.53. The van der Waals surface area contributed by atoms with E-state index in [1.54, 1.807) is 7.05 Å². The number of aromatic nitrogens is 3. The lowest BCUT2D eigenvalue weighted by atomic mass is 10.2. The maximum Gasteiger partial charge on any atom is 0.264 e. The maximum atomic E-state index is 13.3. The summed E-state index contributed by atoms with van der Waals surface area (Å²) >= 11 is 0. The lowest BCUT2D eigenvalue weighted by molar-refractivity contribution is 0.595. The molecule has 0 atom stereocenters. The SMILES string of the molecule is Cn1ncnc1NS(=O)(=O)c1ccc(F)c(CN)c1. The Morgan fingerprint density at radius 1 is 1.47 bits per heavy atom. The number of benzene rings is 1. The van der Waals surface area contributed by atoms with E-state index in [1.165, 1.54) is 17.1 Å². The Bertz CT molecular complexity index is 698. The largest absolute Gasteiger partial charge is 0.326 e. The summed E-state index contributed by atoms with van der Waals surface area (Å²) in [5, 5.41) is 3.74. The highest BCUT2D eigenvalue weighted by Crippen LogP contribution is 2.17. The lowest BCUT2D eigenvalue weighted by Gasteiger charge is -2.08. The van der Waals surface area contributed by atoms with E-state index in [2.05, 4.69) is 14.8 Å². The molecule has 0 amide bonds. The van der Waals surface area contributed by atoms with Crippen molar-refractivity contribution in [2.45, 2.75) is 11.4 Å². The Hall–Kier alpha value is -2.00. The molecule has 3 N–H and O–H groups in total. The molecular formula is C10H12FN5O2S. The monoisotopic (exact) mass is 285 g/mol. The molecule has 1 heterocycles. The zero-order chi connectivity index (χ0) is 14.0. The summed E-state index contributed by atoms with van der Waals surface area (Å²) in [6.07, 6.45) is 1.22. The molecule has 0 unspecified atom stereocenters. The molecule has 2 aromatic rings. The molecule has 0 saturated heterocycles. The van der Waals surface area contributed by atoms with Crippen LogP contribution in [0.25, 0.3) is 0 Å². The van der Waals surface area contributed by atoms with Crippen LogP contribution in [0.3, 0.4) is 0 Å². The summed E-state index contributed by atoms with van der Waals surface area (Å²) in [6, 6.07) is 3.41. The molecule has 1 aromatic heterocycles. The van der Waals surface area contributed by atoms with E-state index >= 15 is 0 Å². The van der Waals surface area contributed by atoms with E-state index in [1.807, 2.05) is 0 Å². The third-order valence-corrected chi connectivity index (χ3v) is 3.81. The van der Waals surface area contributed by atoms with E-state index < -0.39 is 15.8 Å².